The molecule has 5 aliphatic rings. The van der Waals surface area contributed by atoms with E-state index in [-0.39, 0.29) is 35.5 Å². The Hall–Kier alpha value is -2.14. The minimum absolute atomic E-state index is 0.152. The number of hydrogen-bond acceptors (Lipinski definition) is 3. The average Bonchev–Trinajstić information content (AvgIpc) is 3.36. The Morgan fingerprint density at radius 1 is 1.00 bits per heavy atom. The van der Waals surface area contributed by atoms with Gasteiger partial charge in [0.05, 0.1) is 11.8 Å². The fraction of sp³-hybridized carbons (Fsp3) is 0.389. The number of imide groups is 1. The zero-order chi connectivity index (χ0) is 16.6. The van der Waals surface area contributed by atoms with Gasteiger partial charge in [0.15, 0.2) is 0 Å². The highest BCUT2D eigenvalue weighted by molar-refractivity contribution is 6.30. The predicted octanol–water partition coefficient (Wildman–Crippen LogP) is 2.04. The summed E-state index contributed by atoms with van der Waals surface area (Å²) >= 11 is 5.82. The van der Waals surface area contributed by atoms with Crippen molar-refractivity contribution in [2.75, 3.05) is 0 Å². The summed E-state index contributed by atoms with van der Waals surface area (Å²) in [6.07, 6.45) is 5.33. The maximum absolute atomic E-state index is 12.8. The lowest BCUT2D eigenvalue weighted by Crippen LogP contribution is -2.46. The molecule has 3 fully saturated rings. The number of amides is 3. The van der Waals surface area contributed by atoms with E-state index in [1.165, 1.54) is 0 Å². The fourth-order valence-electron chi connectivity index (χ4n) is 4.83. The fourth-order valence-corrected chi connectivity index (χ4v) is 4.96. The normalized spacial score (nSPS) is 38.1. The number of nitrogens with zero attached hydrogens (tertiary/aromatic N) is 1. The highest BCUT2D eigenvalue weighted by Crippen LogP contribution is 2.65. The van der Waals surface area contributed by atoms with Crippen molar-refractivity contribution >= 4 is 29.3 Å². The third kappa shape index (κ3) is 1.79. The summed E-state index contributed by atoms with van der Waals surface area (Å²) in [6.45, 7) is 0. The number of halogens is 1. The van der Waals surface area contributed by atoms with Crippen LogP contribution in [0.4, 0.5) is 0 Å². The topological polar surface area (TPSA) is 66.5 Å². The van der Waals surface area contributed by atoms with Crippen LogP contribution in [0.15, 0.2) is 36.4 Å². The molecule has 1 aromatic carbocycles. The lowest BCUT2D eigenvalue weighted by Gasteiger charge is -2.37. The summed E-state index contributed by atoms with van der Waals surface area (Å²) in [5, 5.41) is 1.47. The van der Waals surface area contributed by atoms with Crippen molar-refractivity contribution in [1.29, 1.82) is 0 Å². The maximum atomic E-state index is 12.8. The molecule has 1 N–H and O–H groups in total. The van der Waals surface area contributed by atoms with Crippen LogP contribution in [0, 0.1) is 35.5 Å². The van der Waals surface area contributed by atoms with E-state index in [1.54, 1.807) is 24.3 Å². The second kappa shape index (κ2) is 4.70. The molecule has 0 aromatic heterocycles. The molecule has 6 rings (SSSR count). The van der Waals surface area contributed by atoms with Crippen LogP contribution in [0.1, 0.15) is 16.8 Å². The Bertz CT molecular complexity index is 767. The van der Waals surface area contributed by atoms with Crippen molar-refractivity contribution < 1.29 is 14.4 Å². The van der Waals surface area contributed by atoms with Crippen LogP contribution in [0.3, 0.4) is 0 Å². The third-order valence-electron chi connectivity index (χ3n) is 5.98. The first-order valence-electron chi connectivity index (χ1n) is 8.19. The van der Waals surface area contributed by atoms with Gasteiger partial charge < -0.3 is 0 Å². The van der Waals surface area contributed by atoms with Gasteiger partial charge in [-0.15, -0.1) is 0 Å². The molecule has 6 heteroatoms. The van der Waals surface area contributed by atoms with Crippen LogP contribution in [-0.4, -0.2) is 22.7 Å². The van der Waals surface area contributed by atoms with Crippen LogP contribution in [-0.2, 0) is 9.59 Å². The average molecular weight is 343 g/mol. The zero-order valence-electron chi connectivity index (χ0n) is 12.7. The molecule has 1 heterocycles. The van der Waals surface area contributed by atoms with Crippen molar-refractivity contribution in [3.05, 3.63) is 47.0 Å². The smallest absolute Gasteiger partial charge is 0.270 e. The summed E-state index contributed by atoms with van der Waals surface area (Å²) in [6, 6.07) is 6.33. The van der Waals surface area contributed by atoms with Crippen LogP contribution in [0.5, 0.6) is 0 Å². The monoisotopic (exact) mass is 342 g/mol. The number of hydrogen-bond donors (Lipinski definition) is 1. The van der Waals surface area contributed by atoms with Crippen molar-refractivity contribution in [1.82, 2.24) is 10.4 Å². The molecule has 1 aliphatic heterocycles. The first-order chi connectivity index (χ1) is 11.6. The van der Waals surface area contributed by atoms with E-state index in [0.29, 0.717) is 22.4 Å². The van der Waals surface area contributed by atoms with Gasteiger partial charge >= 0.3 is 0 Å². The van der Waals surface area contributed by atoms with Gasteiger partial charge in [-0.3, -0.25) is 19.8 Å². The third-order valence-corrected chi connectivity index (χ3v) is 6.23. The van der Waals surface area contributed by atoms with Gasteiger partial charge in [-0.25, -0.2) is 0 Å². The molecule has 0 radical (unpaired) electrons. The quantitative estimate of drug-likeness (QED) is 0.660. The molecular formula is C18H15ClN2O3. The Labute approximate surface area is 143 Å². The minimum Gasteiger partial charge on any atom is -0.272 e. The number of benzene rings is 1. The Balaban J connectivity index is 1.40. The largest absolute Gasteiger partial charge is 0.272 e. The second-order valence-electron chi connectivity index (χ2n) is 7.11. The molecule has 5 nitrogen and oxygen atoms in total. The van der Waals surface area contributed by atoms with E-state index >= 15 is 0 Å². The molecule has 2 saturated carbocycles. The number of hydrazine groups is 1. The first kappa shape index (κ1) is 14.2. The van der Waals surface area contributed by atoms with Gasteiger partial charge in [-0.1, -0.05) is 23.8 Å². The molecule has 4 aliphatic carbocycles. The van der Waals surface area contributed by atoms with Gasteiger partial charge in [0.1, 0.15) is 0 Å². The highest BCUT2D eigenvalue weighted by atomic mass is 35.5. The van der Waals surface area contributed by atoms with E-state index < -0.39 is 5.91 Å². The lowest BCUT2D eigenvalue weighted by molar-refractivity contribution is -0.143. The Kier molecular flexibility index (Phi) is 2.78. The van der Waals surface area contributed by atoms with Crippen molar-refractivity contribution in [3.63, 3.8) is 0 Å². The molecule has 2 bridgehead atoms. The molecule has 1 saturated heterocycles. The minimum atomic E-state index is -0.475. The number of nitrogens with one attached hydrogen (secondary N) is 1. The van der Waals surface area contributed by atoms with Gasteiger partial charge in [-0.2, -0.15) is 5.01 Å². The van der Waals surface area contributed by atoms with Gasteiger partial charge in [0.2, 0.25) is 0 Å². The summed E-state index contributed by atoms with van der Waals surface area (Å²) in [4.78, 5) is 37.9. The van der Waals surface area contributed by atoms with Crippen LogP contribution < -0.4 is 5.43 Å². The molecule has 1 aromatic rings. The Morgan fingerprint density at radius 2 is 1.54 bits per heavy atom. The number of rotatable bonds is 2. The van der Waals surface area contributed by atoms with Crippen LogP contribution in [0.2, 0.25) is 5.02 Å². The van der Waals surface area contributed by atoms with Gasteiger partial charge in [0.25, 0.3) is 17.7 Å². The summed E-state index contributed by atoms with van der Waals surface area (Å²) in [5.74, 6) is -0.220. The van der Waals surface area contributed by atoms with E-state index in [1.807, 2.05) is 0 Å². The molecule has 24 heavy (non-hydrogen) atoms. The van der Waals surface area contributed by atoms with E-state index in [2.05, 4.69) is 17.6 Å². The zero-order valence-corrected chi connectivity index (χ0v) is 13.4. The summed E-state index contributed by atoms with van der Waals surface area (Å²) < 4.78 is 0. The molecule has 0 spiro atoms. The molecule has 3 amide bonds. The molecule has 0 unspecified atom stereocenters. The second-order valence-corrected chi connectivity index (χ2v) is 7.55. The lowest BCUT2D eigenvalue weighted by atomic mass is 9.63. The van der Waals surface area contributed by atoms with Crippen LogP contribution >= 0.6 is 11.6 Å². The van der Waals surface area contributed by atoms with Crippen molar-refractivity contribution in [2.45, 2.75) is 6.42 Å². The van der Waals surface area contributed by atoms with Crippen LogP contribution in [0.25, 0.3) is 0 Å². The molecule has 122 valence electrons. The molecule has 6 atom stereocenters. The van der Waals surface area contributed by atoms with Gasteiger partial charge in [0, 0.05) is 10.6 Å². The SMILES string of the molecule is O=C(NN1C(=O)[C@@H]2[C@H]3C=C[C@H]([C@@H]4C[C@H]34)[C@@H]2C1=O)c1ccc(Cl)cc1. The summed E-state index contributed by atoms with van der Waals surface area (Å²) in [7, 11) is 0. The maximum Gasteiger partial charge on any atom is 0.270 e. The van der Waals surface area contributed by atoms with Gasteiger partial charge in [-0.05, 0) is 54.4 Å². The number of allylic oxidation sites excluding steroid dienone is 2. The summed E-state index contributed by atoms with van der Waals surface area (Å²) in [5.41, 5.74) is 2.85. The van der Waals surface area contributed by atoms with E-state index in [9.17, 15) is 14.4 Å². The predicted molar refractivity (Wildman–Crippen MR) is 85.5 cm³/mol. The number of carbonyl (C=O) groups excluding carboxylic acids is 3. The molecular weight excluding hydrogens is 328 g/mol. The van der Waals surface area contributed by atoms with E-state index in [0.717, 1.165) is 11.4 Å². The standard InChI is InChI=1S/C18H15ClN2O3/c19-9-3-1-8(2-4-9)16(22)20-21-17(23)14-10-5-6-11(13-7-12(10)13)15(14)18(21)24/h1-6,10-15H,7H2,(H,20,22)/t10-,11+,12+,13-,14+,15-. The first-order valence-corrected chi connectivity index (χ1v) is 8.57. The van der Waals surface area contributed by atoms with Crippen molar-refractivity contribution in [2.24, 2.45) is 35.5 Å². The Morgan fingerprint density at radius 3 is 2.08 bits per heavy atom. The van der Waals surface area contributed by atoms with Crippen molar-refractivity contribution in [3.8, 4) is 0 Å². The highest BCUT2D eigenvalue weighted by Gasteiger charge is 2.67. The van der Waals surface area contributed by atoms with E-state index in [4.69, 9.17) is 11.6 Å². The number of carbonyl (C=O) groups is 3.